The number of nitrogens with zero attached hydrogens (tertiary/aromatic N) is 2. The number of hydrogen-bond acceptors (Lipinski definition) is 2. The molecule has 0 aliphatic carbocycles. The van der Waals surface area contributed by atoms with Crippen LogP contribution in [-0.2, 0) is 0 Å². The molecule has 4 nitrogen and oxygen atoms in total. The van der Waals surface area contributed by atoms with Gasteiger partial charge in [0.2, 0.25) is 0 Å². The summed E-state index contributed by atoms with van der Waals surface area (Å²) in [6, 6.07) is 8.84. The molecule has 6 heteroatoms. The van der Waals surface area contributed by atoms with E-state index in [1.54, 1.807) is 0 Å². The van der Waals surface area contributed by atoms with Gasteiger partial charge in [-0.2, -0.15) is 0 Å². The topological polar surface area (TPSA) is 39.7 Å². The number of benzene rings is 1. The number of rotatable bonds is 4. The highest BCUT2D eigenvalue weighted by atomic mass is 127. The van der Waals surface area contributed by atoms with Crippen LogP contribution in [0.15, 0.2) is 33.7 Å². The van der Waals surface area contributed by atoms with Gasteiger partial charge in [-0.05, 0) is 40.9 Å². The van der Waals surface area contributed by atoms with Crippen molar-refractivity contribution in [3.63, 3.8) is 0 Å². The van der Waals surface area contributed by atoms with Crippen molar-refractivity contribution >= 4 is 51.6 Å². The summed E-state index contributed by atoms with van der Waals surface area (Å²) in [5.41, 5.74) is 1.27. The van der Waals surface area contributed by atoms with Gasteiger partial charge in [0.1, 0.15) is 0 Å². The molecule has 0 aromatic heterocycles. The lowest BCUT2D eigenvalue weighted by Gasteiger charge is -2.21. The van der Waals surface area contributed by atoms with Crippen molar-refractivity contribution in [3.05, 3.63) is 28.7 Å². The monoisotopic (exact) mass is 466 g/mol. The smallest absolute Gasteiger partial charge is 0.191 e. The maximum absolute atomic E-state index is 4.27. The van der Waals surface area contributed by atoms with E-state index >= 15 is 0 Å². The normalized spacial score (nSPS) is 18.3. The number of anilines is 1. The lowest BCUT2D eigenvalue weighted by molar-refractivity contribution is 0.647. The van der Waals surface area contributed by atoms with Crippen molar-refractivity contribution in [2.75, 3.05) is 31.6 Å². The van der Waals surface area contributed by atoms with Crippen LogP contribution in [0.2, 0.25) is 0 Å². The third-order valence-corrected chi connectivity index (χ3v) is 4.16. The molecule has 2 rings (SSSR count). The first kappa shape index (κ1) is 18.5. The standard InChI is InChI=1S/C15H23BrN4.HI/c1-3-9-18-15(17-2)19-12-8-10-20(11-12)14-7-5-4-6-13(14)16;/h4-7,12H,3,8-11H2,1-2H3,(H2,17,18,19);1H. The summed E-state index contributed by atoms with van der Waals surface area (Å²) in [4.78, 5) is 6.68. The van der Waals surface area contributed by atoms with E-state index in [1.165, 1.54) is 5.69 Å². The van der Waals surface area contributed by atoms with Crippen LogP contribution in [0, 0.1) is 0 Å². The van der Waals surface area contributed by atoms with Gasteiger partial charge in [0, 0.05) is 37.2 Å². The Labute approximate surface area is 152 Å². The number of hydrogen-bond donors (Lipinski definition) is 2. The van der Waals surface area contributed by atoms with Crippen molar-refractivity contribution in [2.24, 2.45) is 4.99 Å². The Kier molecular flexibility index (Phi) is 8.39. The molecular weight excluding hydrogens is 443 g/mol. The van der Waals surface area contributed by atoms with Gasteiger partial charge in [-0.3, -0.25) is 4.99 Å². The summed E-state index contributed by atoms with van der Waals surface area (Å²) in [5, 5.41) is 6.82. The van der Waals surface area contributed by atoms with Gasteiger partial charge < -0.3 is 15.5 Å². The predicted octanol–water partition coefficient (Wildman–Crippen LogP) is 3.22. The van der Waals surface area contributed by atoms with E-state index < -0.39 is 0 Å². The molecule has 0 amide bonds. The van der Waals surface area contributed by atoms with Crippen LogP contribution in [0.4, 0.5) is 5.69 Å². The molecule has 21 heavy (non-hydrogen) atoms. The first-order chi connectivity index (χ1) is 9.74. The maximum atomic E-state index is 4.27. The Hall–Kier alpha value is -0.500. The fraction of sp³-hybridized carbons (Fsp3) is 0.533. The maximum Gasteiger partial charge on any atom is 0.191 e. The van der Waals surface area contributed by atoms with E-state index in [2.05, 4.69) is 67.6 Å². The van der Waals surface area contributed by atoms with Gasteiger partial charge in [-0.15, -0.1) is 24.0 Å². The second-order valence-corrected chi connectivity index (χ2v) is 5.88. The fourth-order valence-electron chi connectivity index (χ4n) is 2.44. The average Bonchev–Trinajstić information content (AvgIpc) is 2.92. The number of para-hydroxylation sites is 1. The summed E-state index contributed by atoms with van der Waals surface area (Å²) in [5.74, 6) is 0.908. The zero-order chi connectivity index (χ0) is 14.4. The minimum atomic E-state index is 0. The van der Waals surface area contributed by atoms with Gasteiger partial charge in [-0.25, -0.2) is 0 Å². The van der Waals surface area contributed by atoms with Gasteiger partial charge >= 0.3 is 0 Å². The first-order valence-corrected chi connectivity index (χ1v) is 8.00. The average molecular weight is 467 g/mol. The van der Waals surface area contributed by atoms with Gasteiger partial charge in [0.25, 0.3) is 0 Å². The molecule has 1 aromatic rings. The quantitative estimate of drug-likeness (QED) is 0.406. The lowest BCUT2D eigenvalue weighted by Crippen LogP contribution is -2.44. The number of nitrogens with one attached hydrogen (secondary N) is 2. The molecule has 1 fully saturated rings. The zero-order valence-electron chi connectivity index (χ0n) is 12.6. The van der Waals surface area contributed by atoms with Crippen LogP contribution >= 0.6 is 39.9 Å². The Balaban J connectivity index is 0.00000220. The van der Waals surface area contributed by atoms with Crippen molar-refractivity contribution in [1.29, 1.82) is 0 Å². The van der Waals surface area contributed by atoms with Crippen molar-refractivity contribution in [3.8, 4) is 0 Å². The molecule has 1 saturated heterocycles. The van der Waals surface area contributed by atoms with Crippen molar-refractivity contribution in [2.45, 2.75) is 25.8 Å². The molecule has 1 heterocycles. The number of halogens is 2. The van der Waals surface area contributed by atoms with E-state index in [4.69, 9.17) is 0 Å². The van der Waals surface area contributed by atoms with Gasteiger partial charge in [0.05, 0.1) is 5.69 Å². The Morgan fingerprint density at radius 2 is 2.19 bits per heavy atom. The molecule has 1 unspecified atom stereocenters. The molecule has 0 bridgehead atoms. The van der Waals surface area contributed by atoms with Crippen LogP contribution in [0.5, 0.6) is 0 Å². The third-order valence-electron chi connectivity index (χ3n) is 3.49. The second kappa shape index (κ2) is 9.50. The van der Waals surface area contributed by atoms with Crippen molar-refractivity contribution < 1.29 is 0 Å². The molecular formula is C15H24BrIN4. The highest BCUT2D eigenvalue weighted by molar-refractivity contribution is 14.0. The van der Waals surface area contributed by atoms with Crippen LogP contribution in [0.1, 0.15) is 19.8 Å². The minimum absolute atomic E-state index is 0. The third kappa shape index (κ3) is 5.32. The summed E-state index contributed by atoms with van der Waals surface area (Å²) >= 11 is 3.63. The minimum Gasteiger partial charge on any atom is -0.368 e. The van der Waals surface area contributed by atoms with E-state index in [1.807, 2.05) is 7.05 Å². The van der Waals surface area contributed by atoms with E-state index in [0.717, 1.165) is 42.9 Å². The molecule has 1 aromatic carbocycles. The summed E-state index contributed by atoms with van der Waals surface area (Å²) < 4.78 is 1.16. The highest BCUT2D eigenvalue weighted by Crippen LogP contribution is 2.28. The van der Waals surface area contributed by atoms with Gasteiger partial charge in [-0.1, -0.05) is 19.1 Å². The second-order valence-electron chi connectivity index (χ2n) is 5.03. The molecule has 0 saturated carbocycles. The van der Waals surface area contributed by atoms with E-state index in [9.17, 15) is 0 Å². The number of aliphatic imine (C=N–C) groups is 1. The van der Waals surface area contributed by atoms with E-state index in [-0.39, 0.29) is 24.0 Å². The SMILES string of the molecule is CCCNC(=NC)NC1CCN(c2ccccc2Br)C1.I. The van der Waals surface area contributed by atoms with Crippen LogP contribution in [0.3, 0.4) is 0 Å². The summed E-state index contributed by atoms with van der Waals surface area (Å²) in [7, 11) is 1.82. The highest BCUT2D eigenvalue weighted by Gasteiger charge is 2.24. The molecule has 0 spiro atoms. The van der Waals surface area contributed by atoms with Crippen LogP contribution < -0.4 is 15.5 Å². The Bertz CT molecular complexity index is 467. The molecule has 118 valence electrons. The number of guanidine groups is 1. The summed E-state index contributed by atoms with van der Waals surface area (Å²) in [6.07, 6.45) is 2.24. The van der Waals surface area contributed by atoms with Crippen molar-refractivity contribution in [1.82, 2.24) is 10.6 Å². The molecule has 2 N–H and O–H groups in total. The van der Waals surface area contributed by atoms with Gasteiger partial charge in [0.15, 0.2) is 5.96 Å². The molecule has 1 atom stereocenters. The lowest BCUT2D eigenvalue weighted by atomic mass is 10.3. The first-order valence-electron chi connectivity index (χ1n) is 7.21. The Morgan fingerprint density at radius 1 is 1.43 bits per heavy atom. The van der Waals surface area contributed by atoms with Crippen LogP contribution in [-0.4, -0.2) is 38.7 Å². The largest absolute Gasteiger partial charge is 0.368 e. The fourth-order valence-corrected chi connectivity index (χ4v) is 2.97. The predicted molar refractivity (Wildman–Crippen MR) is 105 cm³/mol. The molecule has 0 radical (unpaired) electrons. The zero-order valence-corrected chi connectivity index (χ0v) is 16.5. The Morgan fingerprint density at radius 3 is 2.86 bits per heavy atom. The molecule has 1 aliphatic rings. The molecule has 1 aliphatic heterocycles. The van der Waals surface area contributed by atoms with E-state index in [0.29, 0.717) is 6.04 Å². The van der Waals surface area contributed by atoms with Crippen LogP contribution in [0.25, 0.3) is 0 Å². The summed E-state index contributed by atoms with van der Waals surface area (Å²) in [6.45, 7) is 5.20.